The molecule has 1 heterocycles. The molecule has 0 bridgehead atoms. The second-order valence-corrected chi connectivity index (χ2v) is 5.30. The molecule has 0 aliphatic carbocycles. The minimum Gasteiger partial charge on any atom is -0.461 e. The number of hydrogen-bond acceptors (Lipinski definition) is 5. The summed E-state index contributed by atoms with van der Waals surface area (Å²) in [6.07, 6.45) is 0. The number of anilines is 2. The Morgan fingerprint density at radius 2 is 2.10 bits per heavy atom. The number of hydrogen-bond donors (Lipinski definition) is 1. The molecule has 4 nitrogen and oxygen atoms in total. The fraction of sp³-hybridized carbons (Fsp3) is 0.167. The van der Waals surface area contributed by atoms with Gasteiger partial charge in [0, 0.05) is 5.69 Å². The Labute approximate surface area is 128 Å². The van der Waals surface area contributed by atoms with E-state index in [-0.39, 0.29) is 22.3 Å². The molecular formula is C12H9Cl2FN2O2S. The van der Waals surface area contributed by atoms with Crippen LogP contribution < -0.4 is 5.32 Å². The number of ether oxygens (including phenoxy) is 1. The van der Waals surface area contributed by atoms with Gasteiger partial charge in [0.25, 0.3) is 0 Å². The Morgan fingerprint density at radius 3 is 2.70 bits per heavy atom. The first-order chi connectivity index (χ1) is 9.52. The summed E-state index contributed by atoms with van der Waals surface area (Å²) in [7, 11) is 0. The normalized spacial score (nSPS) is 10.4. The monoisotopic (exact) mass is 334 g/mol. The molecule has 0 aliphatic heterocycles. The molecule has 20 heavy (non-hydrogen) atoms. The van der Waals surface area contributed by atoms with Gasteiger partial charge in [0.15, 0.2) is 11.5 Å². The van der Waals surface area contributed by atoms with Gasteiger partial charge in [-0.2, -0.15) is 0 Å². The third kappa shape index (κ3) is 3.20. The summed E-state index contributed by atoms with van der Waals surface area (Å²) < 4.78 is 18.2. The van der Waals surface area contributed by atoms with Crippen LogP contribution in [-0.4, -0.2) is 17.6 Å². The van der Waals surface area contributed by atoms with Crippen LogP contribution in [0.15, 0.2) is 17.6 Å². The first kappa shape index (κ1) is 15.0. The molecule has 0 atom stereocenters. The third-order valence-corrected chi connectivity index (χ3v) is 3.57. The van der Waals surface area contributed by atoms with Crippen LogP contribution in [0.2, 0.25) is 10.0 Å². The number of esters is 1. The van der Waals surface area contributed by atoms with E-state index in [0.717, 1.165) is 0 Å². The maximum atomic E-state index is 13.3. The molecule has 1 aromatic heterocycles. The molecule has 1 aromatic carbocycles. The molecule has 2 rings (SSSR count). The highest BCUT2D eigenvalue weighted by molar-refractivity contribution is 7.14. The summed E-state index contributed by atoms with van der Waals surface area (Å²) in [5.41, 5.74) is 2.12. The highest BCUT2D eigenvalue weighted by Gasteiger charge is 2.17. The van der Waals surface area contributed by atoms with Gasteiger partial charge < -0.3 is 10.1 Å². The Balaban J connectivity index is 2.27. The molecule has 8 heteroatoms. The van der Waals surface area contributed by atoms with Crippen molar-refractivity contribution in [2.75, 3.05) is 11.9 Å². The van der Waals surface area contributed by atoms with Crippen LogP contribution in [0, 0.1) is 5.82 Å². The molecular weight excluding hydrogens is 326 g/mol. The number of benzene rings is 1. The molecule has 1 N–H and O–H groups in total. The number of nitrogens with one attached hydrogen (secondary N) is 1. The minimum absolute atomic E-state index is 0.109. The van der Waals surface area contributed by atoms with E-state index in [2.05, 4.69) is 10.3 Å². The topological polar surface area (TPSA) is 51.2 Å². The van der Waals surface area contributed by atoms with E-state index in [4.69, 9.17) is 27.9 Å². The van der Waals surface area contributed by atoms with E-state index < -0.39 is 11.8 Å². The summed E-state index contributed by atoms with van der Waals surface area (Å²) in [5.74, 6) is -1.22. The van der Waals surface area contributed by atoms with Gasteiger partial charge >= 0.3 is 5.97 Å². The lowest BCUT2D eigenvalue weighted by Gasteiger charge is -2.08. The first-order valence-electron chi connectivity index (χ1n) is 5.55. The van der Waals surface area contributed by atoms with E-state index in [0.29, 0.717) is 10.7 Å². The number of carbonyl (C=O) groups excluding carboxylic acids is 1. The molecule has 0 spiro atoms. The smallest absolute Gasteiger partial charge is 0.360 e. The number of rotatable bonds is 4. The van der Waals surface area contributed by atoms with Gasteiger partial charge in [-0.25, -0.2) is 14.2 Å². The standard InChI is InChI=1S/C12H9Cl2FN2O2S/c1-2-19-12(18)10-11(20-5-16-10)17-6-3-7(13)9(15)8(14)4-6/h3-5,17H,2H2,1H3. The van der Waals surface area contributed by atoms with Crippen molar-refractivity contribution in [3.05, 3.63) is 39.2 Å². The maximum Gasteiger partial charge on any atom is 0.360 e. The Bertz CT molecular complexity index is 625. The minimum atomic E-state index is -0.686. The van der Waals surface area contributed by atoms with Crippen LogP contribution in [0.1, 0.15) is 17.4 Å². The average Bonchev–Trinajstić information content (AvgIpc) is 2.84. The van der Waals surface area contributed by atoms with Crippen LogP contribution in [-0.2, 0) is 4.74 Å². The molecule has 106 valence electrons. The number of carbonyl (C=O) groups is 1. The molecule has 0 fully saturated rings. The Kier molecular flexibility index (Phi) is 4.80. The lowest BCUT2D eigenvalue weighted by molar-refractivity contribution is 0.0521. The van der Waals surface area contributed by atoms with Crippen LogP contribution in [0.3, 0.4) is 0 Å². The van der Waals surface area contributed by atoms with Gasteiger partial charge in [0.2, 0.25) is 0 Å². The highest BCUT2D eigenvalue weighted by atomic mass is 35.5. The van der Waals surface area contributed by atoms with Crippen molar-refractivity contribution in [2.24, 2.45) is 0 Å². The predicted molar refractivity (Wildman–Crippen MR) is 77.8 cm³/mol. The van der Waals surface area contributed by atoms with Gasteiger partial charge in [0.05, 0.1) is 22.2 Å². The van der Waals surface area contributed by atoms with E-state index in [1.165, 1.54) is 29.0 Å². The molecule has 0 saturated carbocycles. The van der Waals surface area contributed by atoms with Crippen molar-refractivity contribution in [1.29, 1.82) is 0 Å². The Hall–Kier alpha value is -1.37. The fourth-order valence-electron chi connectivity index (χ4n) is 1.44. The molecule has 2 aromatic rings. The number of aromatic nitrogens is 1. The van der Waals surface area contributed by atoms with E-state index in [1.807, 2.05) is 0 Å². The Morgan fingerprint density at radius 1 is 1.45 bits per heavy atom. The average molecular weight is 335 g/mol. The van der Waals surface area contributed by atoms with Crippen molar-refractivity contribution in [2.45, 2.75) is 6.92 Å². The third-order valence-electron chi connectivity index (χ3n) is 2.28. The number of thiazole rings is 1. The van der Waals surface area contributed by atoms with Gasteiger partial charge in [0.1, 0.15) is 5.00 Å². The summed E-state index contributed by atoms with van der Waals surface area (Å²) in [6, 6.07) is 2.74. The second kappa shape index (κ2) is 6.39. The molecule has 0 amide bonds. The molecule has 0 aliphatic rings. The first-order valence-corrected chi connectivity index (χ1v) is 7.18. The van der Waals surface area contributed by atoms with Crippen molar-refractivity contribution in [3.63, 3.8) is 0 Å². The zero-order chi connectivity index (χ0) is 14.7. The van der Waals surface area contributed by atoms with Crippen LogP contribution in [0.4, 0.5) is 15.1 Å². The van der Waals surface area contributed by atoms with Crippen molar-refractivity contribution in [1.82, 2.24) is 4.98 Å². The van der Waals surface area contributed by atoms with Crippen LogP contribution in [0.25, 0.3) is 0 Å². The fourth-order valence-corrected chi connectivity index (χ4v) is 2.61. The van der Waals surface area contributed by atoms with Crippen LogP contribution in [0.5, 0.6) is 0 Å². The largest absolute Gasteiger partial charge is 0.461 e. The van der Waals surface area contributed by atoms with Gasteiger partial charge in [-0.1, -0.05) is 23.2 Å². The number of nitrogens with zero attached hydrogens (tertiary/aromatic N) is 1. The quantitative estimate of drug-likeness (QED) is 0.660. The van der Waals surface area contributed by atoms with E-state index >= 15 is 0 Å². The van der Waals surface area contributed by atoms with Crippen LogP contribution >= 0.6 is 34.5 Å². The summed E-state index contributed by atoms with van der Waals surface area (Å²) in [5, 5.41) is 3.18. The van der Waals surface area contributed by atoms with Gasteiger partial charge in [-0.3, -0.25) is 0 Å². The summed E-state index contributed by atoms with van der Waals surface area (Å²) in [6.45, 7) is 1.96. The lowest BCUT2D eigenvalue weighted by Crippen LogP contribution is -2.07. The van der Waals surface area contributed by atoms with Gasteiger partial charge in [-0.15, -0.1) is 11.3 Å². The summed E-state index contributed by atoms with van der Waals surface area (Å²) >= 11 is 12.6. The SMILES string of the molecule is CCOC(=O)c1ncsc1Nc1cc(Cl)c(F)c(Cl)c1. The maximum absolute atomic E-state index is 13.3. The molecule has 0 saturated heterocycles. The number of halogens is 3. The highest BCUT2D eigenvalue weighted by Crippen LogP contribution is 2.31. The van der Waals surface area contributed by atoms with Crippen molar-refractivity contribution >= 4 is 51.2 Å². The van der Waals surface area contributed by atoms with Crippen molar-refractivity contribution < 1.29 is 13.9 Å². The van der Waals surface area contributed by atoms with Crippen molar-refractivity contribution in [3.8, 4) is 0 Å². The zero-order valence-electron chi connectivity index (χ0n) is 10.2. The predicted octanol–water partition coefficient (Wildman–Crippen LogP) is 4.51. The van der Waals surface area contributed by atoms with E-state index in [9.17, 15) is 9.18 Å². The summed E-state index contributed by atoms with van der Waals surface area (Å²) in [4.78, 5) is 15.6. The zero-order valence-corrected chi connectivity index (χ0v) is 12.6. The lowest BCUT2D eigenvalue weighted by atomic mass is 10.3. The van der Waals surface area contributed by atoms with Gasteiger partial charge in [-0.05, 0) is 19.1 Å². The second-order valence-electron chi connectivity index (χ2n) is 3.63. The van der Waals surface area contributed by atoms with E-state index in [1.54, 1.807) is 6.92 Å². The molecule has 0 unspecified atom stereocenters. The molecule has 0 radical (unpaired) electrons.